The number of primary amides is 1. The molecule has 8 nitrogen and oxygen atoms in total. The Balaban J connectivity index is 2.24. The van der Waals surface area contributed by atoms with Crippen LogP contribution in [-0.4, -0.2) is 28.8 Å². The molecule has 0 saturated carbocycles. The van der Waals surface area contributed by atoms with Crippen LogP contribution in [0.4, 0.5) is 0 Å². The van der Waals surface area contributed by atoms with E-state index in [-0.39, 0.29) is 16.2 Å². The maximum Gasteiger partial charge on any atom is 0.241 e. The van der Waals surface area contributed by atoms with E-state index in [1.807, 2.05) is 0 Å². The SMILES string of the molecule is NC(=O)C(Cc1ccccc1)NS(=O)(=O)c1ccc(S(N)(=O)=O)cc1. The van der Waals surface area contributed by atoms with E-state index in [1.54, 1.807) is 30.3 Å². The first-order valence-corrected chi connectivity index (χ1v) is 10.1. The van der Waals surface area contributed by atoms with Crippen molar-refractivity contribution in [3.05, 3.63) is 60.2 Å². The van der Waals surface area contributed by atoms with Gasteiger partial charge in [-0.1, -0.05) is 30.3 Å². The topological polar surface area (TPSA) is 149 Å². The molecule has 1 unspecified atom stereocenters. The van der Waals surface area contributed by atoms with E-state index < -0.39 is 32.0 Å². The second kappa shape index (κ2) is 7.31. The first kappa shape index (κ1) is 19.1. The van der Waals surface area contributed by atoms with Gasteiger partial charge in [-0.15, -0.1) is 0 Å². The van der Waals surface area contributed by atoms with Crippen molar-refractivity contribution in [2.45, 2.75) is 22.3 Å². The Morgan fingerprint density at radius 3 is 1.92 bits per heavy atom. The molecule has 0 aliphatic heterocycles. The molecule has 1 amide bonds. The van der Waals surface area contributed by atoms with Crippen molar-refractivity contribution in [3.63, 3.8) is 0 Å². The second-order valence-corrected chi connectivity index (χ2v) is 8.56. The van der Waals surface area contributed by atoms with Gasteiger partial charge in [0.2, 0.25) is 26.0 Å². The molecule has 134 valence electrons. The number of nitrogens with two attached hydrogens (primary N) is 2. The van der Waals surface area contributed by atoms with Crippen LogP contribution in [0.25, 0.3) is 0 Å². The highest BCUT2D eigenvalue weighted by molar-refractivity contribution is 7.89. The first-order valence-electron chi connectivity index (χ1n) is 7.08. The molecule has 0 aliphatic carbocycles. The number of hydrogen-bond acceptors (Lipinski definition) is 5. The second-order valence-electron chi connectivity index (χ2n) is 5.28. The molecule has 0 fully saturated rings. The Hall–Kier alpha value is -2.27. The number of rotatable bonds is 7. The van der Waals surface area contributed by atoms with Crippen LogP contribution in [0.2, 0.25) is 0 Å². The van der Waals surface area contributed by atoms with E-state index in [0.717, 1.165) is 29.8 Å². The molecule has 1 atom stereocenters. The molecule has 0 spiro atoms. The number of hydrogen-bond donors (Lipinski definition) is 3. The van der Waals surface area contributed by atoms with Gasteiger partial charge in [0.05, 0.1) is 9.79 Å². The van der Waals surface area contributed by atoms with Crippen molar-refractivity contribution in [1.82, 2.24) is 4.72 Å². The molecule has 2 aromatic rings. The Labute approximate surface area is 145 Å². The number of sulfonamides is 2. The molecule has 0 bridgehead atoms. The van der Waals surface area contributed by atoms with Crippen LogP contribution < -0.4 is 15.6 Å². The predicted molar refractivity (Wildman–Crippen MR) is 91.3 cm³/mol. The molecule has 0 saturated heterocycles. The monoisotopic (exact) mass is 383 g/mol. The Morgan fingerprint density at radius 2 is 1.44 bits per heavy atom. The fourth-order valence-corrected chi connectivity index (χ4v) is 3.83. The van der Waals surface area contributed by atoms with E-state index in [0.29, 0.717) is 0 Å². The molecular weight excluding hydrogens is 366 g/mol. The molecule has 0 radical (unpaired) electrons. The summed E-state index contributed by atoms with van der Waals surface area (Å²) in [6.45, 7) is 0. The summed E-state index contributed by atoms with van der Waals surface area (Å²) in [6.07, 6.45) is 0.0880. The summed E-state index contributed by atoms with van der Waals surface area (Å²) < 4.78 is 49.5. The summed E-state index contributed by atoms with van der Waals surface area (Å²) >= 11 is 0. The van der Waals surface area contributed by atoms with Crippen LogP contribution >= 0.6 is 0 Å². The van der Waals surface area contributed by atoms with Gasteiger partial charge in [0.1, 0.15) is 6.04 Å². The molecule has 2 aromatic carbocycles. The van der Waals surface area contributed by atoms with Gasteiger partial charge in [-0.3, -0.25) is 4.79 Å². The highest BCUT2D eigenvalue weighted by Gasteiger charge is 2.24. The maximum absolute atomic E-state index is 12.4. The molecule has 0 aliphatic rings. The van der Waals surface area contributed by atoms with Gasteiger partial charge < -0.3 is 5.73 Å². The number of benzene rings is 2. The van der Waals surface area contributed by atoms with E-state index in [9.17, 15) is 21.6 Å². The maximum atomic E-state index is 12.4. The smallest absolute Gasteiger partial charge is 0.241 e. The standard InChI is InChI=1S/C15H17N3O5S2/c16-15(19)14(10-11-4-2-1-3-5-11)18-25(22,23)13-8-6-12(7-9-13)24(17,20)21/h1-9,14,18H,10H2,(H2,16,19)(H2,17,20,21). The molecule has 2 rings (SSSR count). The van der Waals surface area contributed by atoms with Gasteiger partial charge in [-0.2, -0.15) is 4.72 Å². The molecule has 25 heavy (non-hydrogen) atoms. The third kappa shape index (κ3) is 5.10. The quantitative estimate of drug-likeness (QED) is 0.600. The third-order valence-electron chi connectivity index (χ3n) is 3.39. The van der Waals surface area contributed by atoms with E-state index in [1.165, 1.54) is 0 Å². The summed E-state index contributed by atoms with van der Waals surface area (Å²) in [7, 11) is -8.00. The minimum absolute atomic E-state index is 0.0880. The van der Waals surface area contributed by atoms with Gasteiger partial charge >= 0.3 is 0 Å². The number of primary sulfonamides is 1. The minimum atomic E-state index is -4.07. The van der Waals surface area contributed by atoms with Crippen molar-refractivity contribution in [3.8, 4) is 0 Å². The lowest BCUT2D eigenvalue weighted by Gasteiger charge is -2.16. The third-order valence-corrected chi connectivity index (χ3v) is 5.80. The molecular formula is C15H17N3O5S2. The van der Waals surface area contributed by atoms with Crippen LogP contribution in [0.3, 0.4) is 0 Å². The van der Waals surface area contributed by atoms with E-state index >= 15 is 0 Å². The largest absolute Gasteiger partial charge is 0.368 e. The van der Waals surface area contributed by atoms with Gasteiger partial charge in [-0.05, 0) is 36.2 Å². The number of carbonyl (C=O) groups excluding carboxylic acids is 1. The number of amides is 1. The molecule has 10 heteroatoms. The van der Waals surface area contributed by atoms with Crippen molar-refractivity contribution in [1.29, 1.82) is 0 Å². The molecule has 5 N–H and O–H groups in total. The van der Waals surface area contributed by atoms with Gasteiger partial charge in [0.15, 0.2) is 0 Å². The highest BCUT2D eigenvalue weighted by Crippen LogP contribution is 2.14. The lowest BCUT2D eigenvalue weighted by atomic mass is 10.1. The Morgan fingerprint density at radius 1 is 0.920 bits per heavy atom. The fraction of sp³-hybridized carbons (Fsp3) is 0.133. The highest BCUT2D eigenvalue weighted by atomic mass is 32.2. The van der Waals surface area contributed by atoms with Gasteiger partial charge in [0, 0.05) is 0 Å². The summed E-state index contributed by atoms with van der Waals surface area (Å²) in [4.78, 5) is 11.2. The van der Waals surface area contributed by atoms with Crippen molar-refractivity contribution in [2.24, 2.45) is 10.9 Å². The van der Waals surface area contributed by atoms with Crippen molar-refractivity contribution < 1.29 is 21.6 Å². The van der Waals surface area contributed by atoms with Gasteiger partial charge in [-0.25, -0.2) is 22.0 Å². The summed E-state index contributed by atoms with van der Waals surface area (Å²) in [5, 5.41) is 4.97. The average molecular weight is 383 g/mol. The van der Waals surface area contributed by atoms with Crippen LogP contribution in [0.1, 0.15) is 5.56 Å². The zero-order valence-electron chi connectivity index (χ0n) is 13.0. The lowest BCUT2D eigenvalue weighted by molar-refractivity contribution is -0.119. The van der Waals surface area contributed by atoms with Crippen molar-refractivity contribution in [2.75, 3.05) is 0 Å². The average Bonchev–Trinajstić information content (AvgIpc) is 2.54. The molecule has 0 aromatic heterocycles. The first-order chi connectivity index (χ1) is 11.6. The van der Waals surface area contributed by atoms with Crippen molar-refractivity contribution >= 4 is 26.0 Å². The lowest BCUT2D eigenvalue weighted by Crippen LogP contribution is -2.45. The van der Waals surface area contributed by atoms with Crippen LogP contribution in [0.5, 0.6) is 0 Å². The molecule has 0 heterocycles. The normalized spacial score (nSPS) is 13.3. The van der Waals surface area contributed by atoms with Crippen LogP contribution in [-0.2, 0) is 31.3 Å². The summed E-state index contributed by atoms with van der Waals surface area (Å²) in [5.41, 5.74) is 6.02. The zero-order valence-corrected chi connectivity index (χ0v) is 14.6. The van der Waals surface area contributed by atoms with E-state index in [2.05, 4.69) is 4.72 Å². The van der Waals surface area contributed by atoms with Gasteiger partial charge in [0.25, 0.3) is 0 Å². The fourth-order valence-electron chi connectivity index (χ4n) is 2.11. The summed E-state index contributed by atoms with van der Waals surface area (Å²) in [5.74, 6) is -0.825. The minimum Gasteiger partial charge on any atom is -0.368 e. The van der Waals surface area contributed by atoms with Crippen LogP contribution in [0.15, 0.2) is 64.4 Å². The predicted octanol–water partition coefficient (Wildman–Crippen LogP) is -0.291. The Kier molecular flexibility index (Phi) is 5.58. The number of nitrogens with one attached hydrogen (secondary N) is 1. The van der Waals surface area contributed by atoms with E-state index in [4.69, 9.17) is 10.9 Å². The van der Waals surface area contributed by atoms with Crippen LogP contribution in [0, 0.1) is 0 Å². The number of carbonyl (C=O) groups is 1. The zero-order chi connectivity index (χ0) is 18.7. The summed E-state index contributed by atoms with van der Waals surface area (Å²) in [6, 6.07) is 12.0. The Bertz CT molecular complexity index is 956.